The second kappa shape index (κ2) is 5.15. The maximum Gasteiger partial charge on any atom is 0.494 e. The van der Waals surface area contributed by atoms with Crippen LogP contribution in [0.4, 0.5) is 4.39 Å². The van der Waals surface area contributed by atoms with Gasteiger partial charge in [0, 0.05) is 11.8 Å². The van der Waals surface area contributed by atoms with Gasteiger partial charge in [0.1, 0.15) is 5.82 Å². The molecule has 0 amide bonds. The maximum absolute atomic E-state index is 14.5. The molecule has 0 N–H and O–H groups in total. The number of aryl methyl sites for hydroxylation is 1. The van der Waals surface area contributed by atoms with Gasteiger partial charge in [-0.3, -0.25) is 0 Å². The van der Waals surface area contributed by atoms with Crippen LogP contribution in [0.3, 0.4) is 0 Å². The largest absolute Gasteiger partial charge is 0.494 e. The fourth-order valence-corrected chi connectivity index (χ4v) is 3.15. The maximum atomic E-state index is 14.5. The summed E-state index contributed by atoms with van der Waals surface area (Å²) in [5.41, 5.74) is 0.399. The van der Waals surface area contributed by atoms with Gasteiger partial charge in [-0.05, 0) is 46.1 Å². The van der Waals surface area contributed by atoms with Crippen molar-refractivity contribution in [3.05, 3.63) is 35.2 Å². The lowest BCUT2D eigenvalue weighted by atomic mass is 9.78. The first-order valence-corrected chi connectivity index (χ1v) is 8.09. The third-order valence-electron chi connectivity index (χ3n) is 4.41. The van der Waals surface area contributed by atoms with Crippen molar-refractivity contribution in [2.75, 3.05) is 0 Å². The van der Waals surface area contributed by atoms with E-state index >= 15 is 0 Å². The molecule has 6 heteroatoms. The summed E-state index contributed by atoms with van der Waals surface area (Å²) in [7, 11) is -0.545. The van der Waals surface area contributed by atoms with E-state index in [1.54, 1.807) is 12.3 Å². The zero-order valence-corrected chi connectivity index (χ0v) is 14.3. The number of benzene rings is 1. The monoisotopic (exact) mass is 319 g/mol. The Morgan fingerprint density at radius 1 is 1.14 bits per heavy atom. The Bertz CT molecular complexity index is 698. The smallest absolute Gasteiger partial charge is 0.399 e. The van der Waals surface area contributed by atoms with Crippen LogP contribution >= 0.6 is 11.3 Å². The van der Waals surface area contributed by atoms with Gasteiger partial charge in [-0.15, -0.1) is 11.3 Å². The van der Waals surface area contributed by atoms with Crippen molar-refractivity contribution < 1.29 is 13.7 Å². The first kappa shape index (κ1) is 15.7. The summed E-state index contributed by atoms with van der Waals surface area (Å²) in [6, 6.07) is 5.12. The van der Waals surface area contributed by atoms with E-state index in [-0.39, 0.29) is 5.82 Å². The topological polar surface area (TPSA) is 31.4 Å². The fourth-order valence-electron chi connectivity index (χ4n) is 2.34. The van der Waals surface area contributed by atoms with Crippen LogP contribution in [-0.4, -0.2) is 23.3 Å². The average Bonchev–Trinajstić information content (AvgIpc) is 2.91. The first-order chi connectivity index (χ1) is 10.2. The quantitative estimate of drug-likeness (QED) is 0.793. The van der Waals surface area contributed by atoms with E-state index in [1.165, 1.54) is 17.4 Å². The van der Waals surface area contributed by atoms with E-state index in [9.17, 15) is 4.39 Å². The van der Waals surface area contributed by atoms with Crippen LogP contribution in [0.2, 0.25) is 0 Å². The highest BCUT2D eigenvalue weighted by molar-refractivity contribution is 7.15. The second-order valence-electron chi connectivity index (χ2n) is 6.57. The lowest BCUT2D eigenvalue weighted by Crippen LogP contribution is -2.41. The number of hydrogen-bond acceptors (Lipinski definition) is 4. The molecule has 3 nitrogen and oxygen atoms in total. The Kier molecular flexibility index (Phi) is 3.66. The van der Waals surface area contributed by atoms with Crippen LogP contribution in [0.1, 0.15) is 32.7 Å². The van der Waals surface area contributed by atoms with Crippen LogP contribution < -0.4 is 5.46 Å². The Hall–Kier alpha value is -1.24. The van der Waals surface area contributed by atoms with E-state index in [0.29, 0.717) is 11.0 Å². The number of aromatic nitrogens is 1. The van der Waals surface area contributed by atoms with Gasteiger partial charge in [0.05, 0.1) is 21.1 Å². The predicted octanol–water partition coefficient (Wildman–Crippen LogP) is 3.56. The molecular weight excluding hydrogens is 300 g/mol. The normalized spacial score (nSPS) is 19.6. The van der Waals surface area contributed by atoms with E-state index in [1.807, 2.05) is 40.7 Å². The molecular formula is C16H19BFNO2S. The predicted molar refractivity (Wildman–Crippen MR) is 88.0 cm³/mol. The summed E-state index contributed by atoms with van der Waals surface area (Å²) in [5, 5.41) is 0.921. The van der Waals surface area contributed by atoms with Crippen molar-refractivity contribution >= 4 is 23.9 Å². The molecule has 0 spiro atoms. The van der Waals surface area contributed by atoms with Crippen LogP contribution in [0.25, 0.3) is 10.4 Å². The van der Waals surface area contributed by atoms with Crippen LogP contribution in [0, 0.1) is 12.7 Å². The summed E-state index contributed by atoms with van der Waals surface area (Å²) in [6.07, 6.45) is 1.70. The molecule has 2 heterocycles. The Labute approximate surface area is 134 Å². The van der Waals surface area contributed by atoms with Crippen molar-refractivity contribution in [3.8, 4) is 10.4 Å². The molecule has 0 aliphatic carbocycles. The minimum atomic E-state index is -0.545. The molecule has 0 saturated carbocycles. The minimum absolute atomic E-state index is 0.282. The van der Waals surface area contributed by atoms with Gasteiger partial charge in [0.25, 0.3) is 0 Å². The van der Waals surface area contributed by atoms with Gasteiger partial charge in [-0.25, -0.2) is 9.37 Å². The molecule has 22 heavy (non-hydrogen) atoms. The minimum Gasteiger partial charge on any atom is -0.399 e. The number of halogens is 1. The average molecular weight is 319 g/mol. The molecule has 0 atom stereocenters. The van der Waals surface area contributed by atoms with Gasteiger partial charge in [0.2, 0.25) is 0 Å². The fraction of sp³-hybridized carbons (Fsp3) is 0.438. The van der Waals surface area contributed by atoms with E-state index in [0.717, 1.165) is 9.88 Å². The molecule has 0 bridgehead atoms. The van der Waals surface area contributed by atoms with Crippen molar-refractivity contribution in [3.63, 3.8) is 0 Å². The molecule has 2 aromatic rings. The summed E-state index contributed by atoms with van der Waals surface area (Å²) in [4.78, 5) is 5.00. The summed E-state index contributed by atoms with van der Waals surface area (Å²) in [6.45, 7) is 9.84. The van der Waals surface area contributed by atoms with Crippen LogP contribution in [0.15, 0.2) is 24.4 Å². The van der Waals surface area contributed by atoms with Crippen LogP contribution in [0.5, 0.6) is 0 Å². The molecule has 1 aliphatic heterocycles. The molecule has 1 fully saturated rings. The Morgan fingerprint density at radius 3 is 2.27 bits per heavy atom. The Morgan fingerprint density at radius 2 is 1.77 bits per heavy atom. The highest BCUT2D eigenvalue weighted by atomic mass is 32.1. The lowest BCUT2D eigenvalue weighted by molar-refractivity contribution is 0.00578. The standard InChI is InChI=1S/C16H19BFNO2S/c1-10-19-9-14(22-10)12-7-6-11(8-13(12)18)17-20-15(2,3)16(4,5)21-17/h6-9H,1-5H3. The molecule has 0 unspecified atom stereocenters. The van der Waals surface area contributed by atoms with E-state index < -0.39 is 18.3 Å². The van der Waals surface area contributed by atoms with E-state index in [2.05, 4.69) is 4.98 Å². The van der Waals surface area contributed by atoms with Crippen molar-refractivity contribution in [1.82, 2.24) is 4.98 Å². The molecule has 1 saturated heterocycles. The summed E-state index contributed by atoms with van der Waals surface area (Å²) >= 11 is 1.48. The Balaban J connectivity index is 1.90. The van der Waals surface area contributed by atoms with Crippen LogP contribution in [-0.2, 0) is 9.31 Å². The molecule has 1 aromatic heterocycles. The number of hydrogen-bond donors (Lipinski definition) is 0. The first-order valence-electron chi connectivity index (χ1n) is 7.27. The second-order valence-corrected chi connectivity index (χ2v) is 7.81. The highest BCUT2D eigenvalue weighted by Crippen LogP contribution is 2.36. The molecule has 1 aliphatic rings. The highest BCUT2D eigenvalue weighted by Gasteiger charge is 2.51. The van der Waals surface area contributed by atoms with E-state index in [4.69, 9.17) is 9.31 Å². The summed E-state index contributed by atoms with van der Waals surface area (Å²) in [5.74, 6) is -0.282. The van der Waals surface area contributed by atoms with Crippen molar-refractivity contribution in [2.45, 2.75) is 45.8 Å². The van der Waals surface area contributed by atoms with Gasteiger partial charge >= 0.3 is 7.12 Å². The zero-order chi connectivity index (χ0) is 16.1. The van der Waals surface area contributed by atoms with Gasteiger partial charge < -0.3 is 9.31 Å². The van der Waals surface area contributed by atoms with Gasteiger partial charge in [0.15, 0.2) is 0 Å². The SMILES string of the molecule is Cc1ncc(-c2ccc(B3OC(C)(C)C(C)(C)O3)cc2F)s1. The van der Waals surface area contributed by atoms with Crippen molar-refractivity contribution in [2.24, 2.45) is 0 Å². The number of rotatable bonds is 2. The number of thiazole rings is 1. The molecule has 0 radical (unpaired) electrons. The van der Waals surface area contributed by atoms with Gasteiger partial charge in [-0.2, -0.15) is 0 Å². The van der Waals surface area contributed by atoms with Crippen molar-refractivity contribution in [1.29, 1.82) is 0 Å². The lowest BCUT2D eigenvalue weighted by Gasteiger charge is -2.32. The zero-order valence-electron chi connectivity index (χ0n) is 13.4. The molecule has 1 aromatic carbocycles. The van der Waals surface area contributed by atoms with Gasteiger partial charge in [-0.1, -0.05) is 12.1 Å². The third-order valence-corrected chi connectivity index (χ3v) is 5.35. The molecule has 116 valence electrons. The third kappa shape index (κ3) is 2.60. The molecule has 3 rings (SSSR count). The summed E-state index contributed by atoms with van der Waals surface area (Å²) < 4.78 is 26.4. The number of nitrogens with zero attached hydrogens (tertiary/aromatic N) is 1.